The number of carbonyl (C=O) groups is 1. The third-order valence-corrected chi connectivity index (χ3v) is 4.77. The molecule has 2 unspecified atom stereocenters. The van der Waals surface area contributed by atoms with Crippen LogP contribution in [0.25, 0.3) is 0 Å². The Morgan fingerprint density at radius 3 is 3.11 bits per heavy atom. The molecule has 1 aromatic carbocycles. The molecule has 1 fully saturated rings. The minimum absolute atomic E-state index is 0.181. The fourth-order valence-electron chi connectivity index (χ4n) is 3.51. The number of ether oxygens (including phenoxy) is 1. The number of rotatable bonds is 1. The summed E-state index contributed by atoms with van der Waals surface area (Å²) in [5.41, 5.74) is 0.397. The molecule has 0 saturated heterocycles. The molecule has 3 heteroatoms. The van der Waals surface area contributed by atoms with Gasteiger partial charge in [-0.05, 0) is 43.4 Å². The number of halogens is 1. The average molecular weight is 279 g/mol. The van der Waals surface area contributed by atoms with Gasteiger partial charge in [0, 0.05) is 5.02 Å². The van der Waals surface area contributed by atoms with E-state index in [-0.39, 0.29) is 11.4 Å². The van der Waals surface area contributed by atoms with Crippen LogP contribution in [0, 0.1) is 5.92 Å². The van der Waals surface area contributed by atoms with Gasteiger partial charge in [0.2, 0.25) is 0 Å². The summed E-state index contributed by atoms with van der Waals surface area (Å²) in [4.78, 5) is 12.4. The number of benzene rings is 1. The molecule has 2 atom stereocenters. The summed E-state index contributed by atoms with van der Waals surface area (Å²) in [6.45, 7) is 2.22. The summed E-state index contributed by atoms with van der Waals surface area (Å²) >= 11 is 5.96. The zero-order valence-electron chi connectivity index (χ0n) is 11.2. The summed E-state index contributed by atoms with van der Waals surface area (Å²) in [5.74, 6) is 1.59. The van der Waals surface area contributed by atoms with Crippen LogP contribution in [0.4, 0.5) is 0 Å². The van der Waals surface area contributed by atoms with Crippen LogP contribution in [0.3, 0.4) is 0 Å². The smallest absolute Gasteiger partial charge is 0.170 e. The maximum Gasteiger partial charge on any atom is 0.170 e. The highest BCUT2D eigenvalue weighted by molar-refractivity contribution is 6.31. The van der Waals surface area contributed by atoms with E-state index in [4.69, 9.17) is 16.3 Å². The first-order valence-electron chi connectivity index (χ1n) is 7.14. The van der Waals surface area contributed by atoms with Crippen molar-refractivity contribution < 1.29 is 9.53 Å². The summed E-state index contributed by atoms with van der Waals surface area (Å²) in [5, 5.41) is 0.599. The van der Waals surface area contributed by atoms with E-state index in [1.165, 1.54) is 12.8 Å². The van der Waals surface area contributed by atoms with Gasteiger partial charge >= 0.3 is 0 Å². The van der Waals surface area contributed by atoms with Crippen LogP contribution in [-0.2, 0) is 0 Å². The van der Waals surface area contributed by atoms with Gasteiger partial charge in [0.05, 0.1) is 12.0 Å². The molecular weight excluding hydrogens is 260 g/mol. The second kappa shape index (κ2) is 4.82. The van der Waals surface area contributed by atoms with E-state index in [0.717, 1.165) is 25.0 Å². The Bertz CT molecular complexity index is 511. The lowest BCUT2D eigenvalue weighted by molar-refractivity contribution is -0.00428. The van der Waals surface area contributed by atoms with Gasteiger partial charge in [-0.25, -0.2) is 0 Å². The van der Waals surface area contributed by atoms with E-state index in [9.17, 15) is 4.79 Å². The molecule has 102 valence electrons. The Labute approximate surface area is 119 Å². The van der Waals surface area contributed by atoms with E-state index < -0.39 is 0 Å². The van der Waals surface area contributed by atoms with Crippen molar-refractivity contribution in [3.63, 3.8) is 0 Å². The molecule has 0 bridgehead atoms. The van der Waals surface area contributed by atoms with Crippen molar-refractivity contribution >= 4 is 17.4 Å². The second-order valence-electron chi connectivity index (χ2n) is 5.90. The van der Waals surface area contributed by atoms with Gasteiger partial charge in [-0.15, -0.1) is 0 Å². The lowest BCUT2D eigenvalue weighted by atomic mass is 9.73. The number of fused-ring (bicyclic) bond motifs is 1. The molecule has 0 N–H and O–H groups in total. The number of hydrogen-bond donors (Lipinski definition) is 0. The normalized spacial score (nSPS) is 30.0. The van der Waals surface area contributed by atoms with Crippen LogP contribution in [0.1, 0.15) is 55.8 Å². The van der Waals surface area contributed by atoms with Crippen molar-refractivity contribution in [3.05, 3.63) is 28.8 Å². The van der Waals surface area contributed by atoms with Gasteiger partial charge in [-0.2, -0.15) is 0 Å². The number of carbonyl (C=O) groups excluding carboxylic acids is 1. The molecule has 1 heterocycles. The predicted octanol–water partition coefficient (Wildman–Crippen LogP) is 4.64. The molecule has 0 amide bonds. The van der Waals surface area contributed by atoms with E-state index in [2.05, 4.69) is 6.92 Å². The van der Waals surface area contributed by atoms with Crippen LogP contribution < -0.4 is 4.74 Å². The average Bonchev–Trinajstić information content (AvgIpc) is 2.40. The Hall–Kier alpha value is -1.02. The van der Waals surface area contributed by atoms with Gasteiger partial charge < -0.3 is 4.74 Å². The number of hydrogen-bond acceptors (Lipinski definition) is 2. The molecule has 3 rings (SSSR count). The van der Waals surface area contributed by atoms with Crippen molar-refractivity contribution in [2.75, 3.05) is 0 Å². The summed E-state index contributed by atoms with van der Waals surface area (Å²) in [7, 11) is 0. The molecule has 1 spiro atoms. The van der Waals surface area contributed by atoms with Crippen molar-refractivity contribution in [2.45, 2.75) is 51.0 Å². The highest BCUT2D eigenvalue weighted by Gasteiger charge is 2.43. The molecule has 1 aliphatic heterocycles. The molecule has 1 saturated carbocycles. The van der Waals surface area contributed by atoms with Crippen LogP contribution in [0.2, 0.25) is 5.02 Å². The monoisotopic (exact) mass is 278 g/mol. The molecule has 1 aliphatic carbocycles. The predicted molar refractivity (Wildman–Crippen MR) is 76.0 cm³/mol. The molecule has 1 aromatic rings. The maximum atomic E-state index is 12.4. The van der Waals surface area contributed by atoms with Gasteiger partial charge in [0.15, 0.2) is 5.78 Å². The van der Waals surface area contributed by atoms with Crippen molar-refractivity contribution in [1.82, 2.24) is 0 Å². The highest BCUT2D eigenvalue weighted by Crippen LogP contribution is 2.44. The van der Waals surface area contributed by atoms with Crippen LogP contribution in [0.15, 0.2) is 18.2 Å². The summed E-state index contributed by atoms with van der Waals surface area (Å²) < 4.78 is 6.24. The molecule has 0 aromatic heterocycles. The fourth-order valence-corrected chi connectivity index (χ4v) is 3.68. The third kappa shape index (κ3) is 2.38. The second-order valence-corrected chi connectivity index (χ2v) is 6.33. The minimum Gasteiger partial charge on any atom is -0.486 e. The number of ketones is 1. The Morgan fingerprint density at radius 1 is 1.47 bits per heavy atom. The van der Waals surface area contributed by atoms with Crippen LogP contribution in [0.5, 0.6) is 5.75 Å². The summed E-state index contributed by atoms with van der Waals surface area (Å²) in [6.07, 6.45) is 6.12. The Kier molecular flexibility index (Phi) is 3.30. The first-order chi connectivity index (χ1) is 9.12. The van der Waals surface area contributed by atoms with Crippen molar-refractivity contribution in [3.8, 4) is 5.75 Å². The molecule has 19 heavy (non-hydrogen) atoms. The first kappa shape index (κ1) is 13.0. The van der Waals surface area contributed by atoms with E-state index in [1.54, 1.807) is 12.1 Å². The standard InChI is InChI=1S/C16H19ClO2/c1-2-11-4-3-7-16(9-11)10-14(18)13-8-12(17)5-6-15(13)19-16/h5-6,8,11H,2-4,7,9-10H2,1H3. The van der Waals surface area contributed by atoms with Gasteiger partial charge in [0.1, 0.15) is 11.4 Å². The van der Waals surface area contributed by atoms with Crippen molar-refractivity contribution in [2.24, 2.45) is 5.92 Å². The quantitative estimate of drug-likeness (QED) is 0.748. The van der Waals surface area contributed by atoms with E-state index >= 15 is 0 Å². The van der Waals surface area contributed by atoms with Gasteiger partial charge in [-0.3, -0.25) is 4.79 Å². The lowest BCUT2D eigenvalue weighted by Gasteiger charge is -2.43. The zero-order valence-corrected chi connectivity index (χ0v) is 12.0. The maximum absolute atomic E-state index is 12.4. The SMILES string of the molecule is CCC1CCCC2(CC(=O)c3cc(Cl)ccc3O2)C1. The molecular formula is C16H19ClO2. The molecule has 2 nitrogen and oxygen atoms in total. The molecule has 0 radical (unpaired) electrons. The molecule has 2 aliphatic rings. The van der Waals surface area contributed by atoms with E-state index in [0.29, 0.717) is 22.9 Å². The van der Waals surface area contributed by atoms with Crippen LogP contribution in [-0.4, -0.2) is 11.4 Å². The lowest BCUT2D eigenvalue weighted by Crippen LogP contribution is -2.45. The first-order valence-corrected chi connectivity index (χ1v) is 7.51. The minimum atomic E-state index is -0.253. The van der Waals surface area contributed by atoms with E-state index in [1.807, 2.05) is 6.07 Å². The third-order valence-electron chi connectivity index (χ3n) is 4.53. The summed E-state index contributed by atoms with van der Waals surface area (Å²) in [6, 6.07) is 5.37. The number of Topliss-reactive ketones (excluding diaryl/α,β-unsaturated/α-hetero) is 1. The fraction of sp³-hybridized carbons (Fsp3) is 0.562. The van der Waals surface area contributed by atoms with Gasteiger partial charge in [-0.1, -0.05) is 31.4 Å². The van der Waals surface area contributed by atoms with Gasteiger partial charge in [0.25, 0.3) is 0 Å². The Morgan fingerprint density at radius 2 is 2.32 bits per heavy atom. The topological polar surface area (TPSA) is 26.3 Å². The van der Waals surface area contributed by atoms with Crippen molar-refractivity contribution in [1.29, 1.82) is 0 Å². The largest absolute Gasteiger partial charge is 0.486 e. The van der Waals surface area contributed by atoms with Crippen LogP contribution >= 0.6 is 11.6 Å². The Balaban J connectivity index is 1.92. The zero-order chi connectivity index (χ0) is 13.5. The highest BCUT2D eigenvalue weighted by atomic mass is 35.5.